The lowest BCUT2D eigenvalue weighted by atomic mass is 9.70. The van der Waals surface area contributed by atoms with E-state index in [0.29, 0.717) is 5.89 Å². The Morgan fingerprint density at radius 3 is 1.46 bits per heavy atom. The summed E-state index contributed by atoms with van der Waals surface area (Å²) in [4.78, 5) is 15.3. The molecule has 0 saturated heterocycles. The topological polar surface area (TPSA) is 51.8 Å². The van der Waals surface area contributed by atoms with Crippen LogP contribution in [0.5, 0.6) is 0 Å². The van der Waals surface area contributed by atoms with Gasteiger partial charge in [0.25, 0.3) is 0 Å². The highest BCUT2D eigenvalue weighted by atomic mass is 16.3. The molecule has 1 spiro atoms. The fraction of sp³-hybridized carbons (Fsp3) is 0.0192. The van der Waals surface area contributed by atoms with Crippen molar-refractivity contribution in [2.45, 2.75) is 5.41 Å². The van der Waals surface area contributed by atoms with E-state index in [1.807, 2.05) is 48.5 Å². The van der Waals surface area contributed by atoms with E-state index in [1.54, 1.807) is 0 Å². The molecular formula is C52H31N3O. The number of nitrogens with zero attached hydrogens (tertiary/aromatic N) is 3. The van der Waals surface area contributed by atoms with Crippen LogP contribution >= 0.6 is 0 Å². The Labute approximate surface area is 323 Å². The number of hydrogen-bond donors (Lipinski definition) is 0. The van der Waals surface area contributed by atoms with Crippen molar-refractivity contribution >= 4 is 22.1 Å². The molecule has 0 atom stereocenters. The van der Waals surface area contributed by atoms with Crippen LogP contribution in [0.15, 0.2) is 192 Å². The van der Waals surface area contributed by atoms with Gasteiger partial charge in [-0.2, -0.15) is 0 Å². The third kappa shape index (κ3) is 4.38. The summed E-state index contributed by atoms with van der Waals surface area (Å²) in [6, 6.07) is 66.9. The fourth-order valence-corrected chi connectivity index (χ4v) is 9.27. The van der Waals surface area contributed by atoms with Crippen LogP contribution in [-0.4, -0.2) is 15.0 Å². The van der Waals surface area contributed by atoms with Crippen molar-refractivity contribution in [3.05, 3.63) is 210 Å². The van der Waals surface area contributed by atoms with Crippen LogP contribution < -0.4 is 0 Å². The van der Waals surface area contributed by atoms with E-state index in [1.165, 1.54) is 44.5 Å². The summed E-state index contributed by atoms with van der Waals surface area (Å²) in [7, 11) is 0. The maximum Gasteiger partial charge on any atom is 0.227 e. The molecule has 2 aromatic heterocycles. The molecule has 0 saturated carbocycles. The van der Waals surface area contributed by atoms with Crippen molar-refractivity contribution in [2.75, 3.05) is 0 Å². The number of oxazole rings is 1. The van der Waals surface area contributed by atoms with Crippen LogP contribution in [0.2, 0.25) is 0 Å². The summed E-state index contributed by atoms with van der Waals surface area (Å²) in [5.41, 5.74) is 20.2. The van der Waals surface area contributed by atoms with Crippen LogP contribution in [0, 0.1) is 0 Å². The zero-order chi connectivity index (χ0) is 36.8. The lowest BCUT2D eigenvalue weighted by molar-refractivity contribution is 0.620. The highest BCUT2D eigenvalue weighted by molar-refractivity contribution is 5.97. The molecule has 0 radical (unpaired) electrons. The van der Waals surface area contributed by atoms with E-state index in [-0.39, 0.29) is 0 Å². The first kappa shape index (κ1) is 31.0. The van der Waals surface area contributed by atoms with Gasteiger partial charge in [-0.3, -0.25) is 0 Å². The second-order valence-electron chi connectivity index (χ2n) is 14.7. The second-order valence-corrected chi connectivity index (χ2v) is 14.7. The van der Waals surface area contributed by atoms with Crippen LogP contribution in [-0.2, 0) is 5.41 Å². The largest absolute Gasteiger partial charge is 0.436 e. The van der Waals surface area contributed by atoms with Crippen molar-refractivity contribution < 1.29 is 4.42 Å². The van der Waals surface area contributed by atoms with Gasteiger partial charge in [-0.15, -0.1) is 0 Å². The molecule has 4 heteroatoms. The molecule has 10 aromatic rings. The monoisotopic (exact) mass is 713 g/mol. The van der Waals surface area contributed by atoms with Crippen molar-refractivity contribution in [2.24, 2.45) is 0 Å². The van der Waals surface area contributed by atoms with Crippen LogP contribution in [0.1, 0.15) is 22.3 Å². The minimum Gasteiger partial charge on any atom is -0.436 e. The molecule has 56 heavy (non-hydrogen) atoms. The lowest BCUT2D eigenvalue weighted by Crippen LogP contribution is -2.26. The summed E-state index contributed by atoms with van der Waals surface area (Å²) in [6.45, 7) is 0. The Morgan fingerprint density at radius 2 is 0.804 bits per heavy atom. The summed E-state index contributed by atoms with van der Waals surface area (Å²) in [5, 5.41) is 0. The van der Waals surface area contributed by atoms with Crippen LogP contribution in [0.25, 0.3) is 89.5 Å². The fourth-order valence-electron chi connectivity index (χ4n) is 9.27. The van der Waals surface area contributed by atoms with Gasteiger partial charge in [0.2, 0.25) is 5.89 Å². The van der Waals surface area contributed by atoms with Gasteiger partial charge in [-0.25, -0.2) is 15.0 Å². The third-order valence-electron chi connectivity index (χ3n) is 11.7. The van der Waals surface area contributed by atoms with Gasteiger partial charge in [0.1, 0.15) is 5.52 Å². The Morgan fingerprint density at radius 1 is 0.321 bits per heavy atom. The van der Waals surface area contributed by atoms with Crippen molar-refractivity contribution in [1.29, 1.82) is 0 Å². The zero-order valence-electron chi connectivity index (χ0n) is 30.1. The van der Waals surface area contributed by atoms with E-state index in [4.69, 9.17) is 19.4 Å². The molecule has 12 rings (SSSR count). The molecule has 260 valence electrons. The minimum atomic E-state index is -0.529. The van der Waals surface area contributed by atoms with Crippen LogP contribution in [0.4, 0.5) is 0 Å². The van der Waals surface area contributed by atoms with Crippen molar-refractivity contribution in [3.8, 4) is 67.3 Å². The number of benzene rings is 8. The second kappa shape index (κ2) is 11.8. The highest BCUT2D eigenvalue weighted by Crippen LogP contribution is 2.63. The number of rotatable bonds is 4. The van der Waals surface area contributed by atoms with Gasteiger partial charge < -0.3 is 4.42 Å². The highest BCUT2D eigenvalue weighted by Gasteiger charge is 2.51. The molecule has 0 unspecified atom stereocenters. The number of para-hydroxylation sites is 4. The summed E-state index contributed by atoms with van der Waals surface area (Å²) in [6.07, 6.45) is 0. The van der Waals surface area contributed by atoms with Gasteiger partial charge >= 0.3 is 0 Å². The van der Waals surface area contributed by atoms with Gasteiger partial charge in [-0.05, 0) is 104 Å². The first-order chi connectivity index (χ1) is 27.7. The first-order valence-corrected chi connectivity index (χ1v) is 19.0. The van der Waals surface area contributed by atoms with E-state index in [9.17, 15) is 0 Å². The van der Waals surface area contributed by atoms with Crippen molar-refractivity contribution in [1.82, 2.24) is 15.0 Å². The normalized spacial score (nSPS) is 13.1. The predicted octanol–water partition coefficient (Wildman–Crippen LogP) is 12.8. The number of fused-ring (bicyclic) bond motifs is 12. The average molecular weight is 714 g/mol. The molecule has 8 aromatic carbocycles. The maximum absolute atomic E-state index is 6.10. The smallest absolute Gasteiger partial charge is 0.227 e. The van der Waals surface area contributed by atoms with E-state index in [0.717, 1.165) is 61.3 Å². The average Bonchev–Trinajstić information content (AvgIpc) is 3.93. The molecule has 2 aliphatic carbocycles. The SMILES string of the molecule is c1ccc(-c2nc3ccccc3nc2-c2ccc3c(c2)C2(c4ccccc4-c4ccccc42)c2cc(-c4ccc(-c5nc6ccccc6o5)cc4)ccc2-3)cc1. The first-order valence-electron chi connectivity index (χ1n) is 19.0. The zero-order valence-corrected chi connectivity index (χ0v) is 30.1. The summed E-state index contributed by atoms with van der Waals surface area (Å²) in [5.74, 6) is 0.627. The van der Waals surface area contributed by atoms with E-state index in [2.05, 4.69) is 140 Å². The maximum atomic E-state index is 6.10. The minimum absolute atomic E-state index is 0.529. The molecule has 0 amide bonds. The molecular weight excluding hydrogens is 683 g/mol. The Balaban J connectivity index is 1.07. The third-order valence-corrected chi connectivity index (χ3v) is 11.7. The van der Waals surface area contributed by atoms with Gasteiger partial charge in [0, 0.05) is 16.7 Å². The number of aromatic nitrogens is 3. The Kier molecular flexibility index (Phi) is 6.52. The molecule has 2 heterocycles. The molecule has 0 fully saturated rings. The lowest BCUT2D eigenvalue weighted by Gasteiger charge is -2.31. The summed E-state index contributed by atoms with van der Waals surface area (Å²) >= 11 is 0. The van der Waals surface area contributed by atoms with E-state index < -0.39 is 5.41 Å². The molecule has 0 aliphatic heterocycles. The summed E-state index contributed by atoms with van der Waals surface area (Å²) < 4.78 is 6.10. The predicted molar refractivity (Wildman–Crippen MR) is 225 cm³/mol. The Bertz CT molecular complexity index is 3120. The molecule has 4 nitrogen and oxygen atoms in total. The van der Waals surface area contributed by atoms with Gasteiger partial charge in [-0.1, -0.05) is 140 Å². The Hall–Kier alpha value is -7.43. The molecule has 0 N–H and O–H groups in total. The molecule has 2 aliphatic rings. The van der Waals surface area contributed by atoms with Crippen LogP contribution in [0.3, 0.4) is 0 Å². The number of hydrogen-bond acceptors (Lipinski definition) is 4. The quantitative estimate of drug-likeness (QED) is 0.182. The van der Waals surface area contributed by atoms with Crippen molar-refractivity contribution in [3.63, 3.8) is 0 Å². The van der Waals surface area contributed by atoms with E-state index >= 15 is 0 Å². The van der Waals surface area contributed by atoms with Gasteiger partial charge in [0.15, 0.2) is 5.58 Å². The standard InChI is InChI=1S/C52H31N3O/c1-2-12-33(13-3-1)49-50(54-46-19-9-8-18-45(46)53-49)36-27-29-40-39-28-26-35(32-22-24-34(25-23-32)51-55-47-20-10-11-21-48(47)56-51)30-43(39)52(44(40)31-36)41-16-6-4-14-37(41)38-15-5-7-17-42(38)52/h1-31H. The van der Waals surface area contributed by atoms with Gasteiger partial charge in [0.05, 0.1) is 27.8 Å². The molecule has 0 bridgehead atoms.